The smallest absolute Gasteiger partial charge is 0.255 e. The van der Waals surface area contributed by atoms with Crippen molar-refractivity contribution in [1.82, 2.24) is 10.2 Å². The van der Waals surface area contributed by atoms with E-state index in [4.69, 9.17) is 4.42 Å². The van der Waals surface area contributed by atoms with Crippen LogP contribution in [0.1, 0.15) is 22.3 Å². The third-order valence-electron chi connectivity index (χ3n) is 5.66. The summed E-state index contributed by atoms with van der Waals surface area (Å²) in [4.78, 5) is 14.8. The molecular weight excluding hydrogens is 384 g/mol. The Morgan fingerprint density at radius 1 is 1.13 bits per heavy atom. The quantitative estimate of drug-likeness (QED) is 0.496. The number of amides is 1. The third kappa shape index (κ3) is 3.79. The van der Waals surface area contributed by atoms with E-state index >= 15 is 0 Å². The summed E-state index contributed by atoms with van der Waals surface area (Å²) in [6, 6.07) is 12.7. The fourth-order valence-electron chi connectivity index (χ4n) is 4.15. The Bertz CT molecular complexity index is 1040. The molecule has 0 bridgehead atoms. The molecule has 158 valence electrons. The summed E-state index contributed by atoms with van der Waals surface area (Å²) in [6.07, 6.45) is -0.206. The Balaban J connectivity index is 1.70. The molecule has 3 aromatic rings. The number of rotatable bonds is 6. The highest BCUT2D eigenvalue weighted by Gasteiger charge is 2.29. The molecule has 1 saturated heterocycles. The minimum atomic E-state index is -0.719. The molecular formula is C23H26N2O5. The third-order valence-corrected chi connectivity index (χ3v) is 5.66. The number of aromatic hydroxyl groups is 1. The number of carbonyl (C=O) groups is 1. The van der Waals surface area contributed by atoms with Gasteiger partial charge in [0.05, 0.1) is 17.8 Å². The summed E-state index contributed by atoms with van der Waals surface area (Å²) in [5, 5.41) is 33.3. The molecule has 2 atom stereocenters. The number of aliphatic hydroxyl groups excluding tert-OH is 2. The molecule has 7 heteroatoms. The number of nitrogens with one attached hydrogen (secondary N) is 1. The second-order valence-electron chi connectivity index (χ2n) is 7.69. The SMILES string of the molecule is CNC(=O)c1c(-c2ccccc2)oc2ccc(O)c(CCCN3CC(O)C(O)C3)c12. The van der Waals surface area contributed by atoms with E-state index in [1.54, 1.807) is 19.2 Å². The largest absolute Gasteiger partial charge is 0.508 e. The van der Waals surface area contributed by atoms with Gasteiger partial charge >= 0.3 is 0 Å². The Morgan fingerprint density at radius 3 is 2.50 bits per heavy atom. The van der Waals surface area contributed by atoms with Gasteiger partial charge in [0, 0.05) is 36.7 Å². The van der Waals surface area contributed by atoms with Gasteiger partial charge in [0.1, 0.15) is 17.1 Å². The zero-order chi connectivity index (χ0) is 21.3. The second-order valence-corrected chi connectivity index (χ2v) is 7.69. The van der Waals surface area contributed by atoms with Gasteiger partial charge in [-0.1, -0.05) is 30.3 Å². The number of nitrogens with zero attached hydrogens (tertiary/aromatic N) is 1. The number of aryl methyl sites for hydroxylation is 1. The van der Waals surface area contributed by atoms with E-state index in [9.17, 15) is 20.1 Å². The van der Waals surface area contributed by atoms with Crippen LogP contribution < -0.4 is 5.32 Å². The van der Waals surface area contributed by atoms with Gasteiger partial charge in [0.2, 0.25) is 0 Å². The van der Waals surface area contributed by atoms with Gasteiger partial charge in [-0.3, -0.25) is 9.69 Å². The number of phenols is 1. The molecule has 1 fully saturated rings. The Labute approximate surface area is 174 Å². The van der Waals surface area contributed by atoms with Crippen LogP contribution in [0.3, 0.4) is 0 Å². The van der Waals surface area contributed by atoms with E-state index in [0.29, 0.717) is 60.3 Å². The van der Waals surface area contributed by atoms with E-state index in [2.05, 4.69) is 5.32 Å². The van der Waals surface area contributed by atoms with E-state index < -0.39 is 12.2 Å². The molecule has 30 heavy (non-hydrogen) atoms. The molecule has 2 unspecified atom stereocenters. The minimum Gasteiger partial charge on any atom is -0.508 e. The maximum atomic E-state index is 12.8. The molecule has 0 saturated carbocycles. The number of hydrogen-bond donors (Lipinski definition) is 4. The van der Waals surface area contributed by atoms with Crippen molar-refractivity contribution in [3.63, 3.8) is 0 Å². The Hall–Kier alpha value is -2.87. The van der Waals surface area contributed by atoms with Crippen LogP contribution >= 0.6 is 0 Å². The maximum absolute atomic E-state index is 12.8. The molecule has 7 nitrogen and oxygen atoms in total. The van der Waals surface area contributed by atoms with Crippen molar-refractivity contribution >= 4 is 16.9 Å². The summed E-state index contributed by atoms with van der Waals surface area (Å²) >= 11 is 0. The molecule has 1 aromatic heterocycles. The number of β-amino-alcohol motifs (C(OH)–C–C–N with tert-alkyl or cyclic N) is 2. The highest BCUT2D eigenvalue weighted by Crippen LogP contribution is 2.39. The van der Waals surface area contributed by atoms with Gasteiger partial charge in [-0.25, -0.2) is 0 Å². The first-order valence-corrected chi connectivity index (χ1v) is 10.1. The summed E-state index contributed by atoms with van der Waals surface area (Å²) < 4.78 is 6.06. The van der Waals surface area contributed by atoms with Gasteiger partial charge < -0.3 is 25.1 Å². The number of likely N-dealkylation sites (tertiary alicyclic amines) is 1. The average molecular weight is 410 g/mol. The zero-order valence-electron chi connectivity index (χ0n) is 16.8. The lowest BCUT2D eigenvalue weighted by Gasteiger charge is -2.15. The predicted molar refractivity (Wildman–Crippen MR) is 113 cm³/mol. The lowest BCUT2D eigenvalue weighted by molar-refractivity contribution is 0.0572. The molecule has 1 aliphatic heterocycles. The minimum absolute atomic E-state index is 0.120. The topological polar surface area (TPSA) is 106 Å². The molecule has 4 rings (SSSR count). The average Bonchev–Trinajstić information content (AvgIpc) is 3.29. The number of furan rings is 1. The summed E-state index contributed by atoms with van der Waals surface area (Å²) in [5.74, 6) is 0.322. The van der Waals surface area contributed by atoms with Crippen molar-refractivity contribution in [1.29, 1.82) is 0 Å². The van der Waals surface area contributed by atoms with Crippen LogP contribution in [-0.2, 0) is 6.42 Å². The van der Waals surface area contributed by atoms with Crippen LogP contribution in [-0.4, -0.2) is 65.0 Å². The molecule has 0 radical (unpaired) electrons. The lowest BCUT2D eigenvalue weighted by Crippen LogP contribution is -2.23. The van der Waals surface area contributed by atoms with Crippen LogP contribution in [0.25, 0.3) is 22.3 Å². The lowest BCUT2D eigenvalue weighted by atomic mass is 9.97. The van der Waals surface area contributed by atoms with Crippen molar-refractivity contribution in [2.75, 3.05) is 26.7 Å². The fraction of sp³-hybridized carbons (Fsp3) is 0.348. The normalized spacial score (nSPS) is 19.4. The monoisotopic (exact) mass is 410 g/mol. The van der Waals surface area contributed by atoms with Crippen molar-refractivity contribution in [3.05, 3.63) is 53.6 Å². The molecule has 0 aliphatic carbocycles. The van der Waals surface area contributed by atoms with Crippen LogP contribution in [0.4, 0.5) is 0 Å². The first-order chi connectivity index (χ1) is 14.5. The van der Waals surface area contributed by atoms with Crippen LogP contribution in [0.2, 0.25) is 0 Å². The van der Waals surface area contributed by atoms with Crippen molar-refractivity contribution in [2.24, 2.45) is 0 Å². The highest BCUT2D eigenvalue weighted by molar-refractivity contribution is 6.12. The zero-order valence-corrected chi connectivity index (χ0v) is 16.8. The number of benzene rings is 2. The van der Waals surface area contributed by atoms with Gasteiger partial charge in [-0.15, -0.1) is 0 Å². The number of aliphatic hydroxyl groups is 2. The van der Waals surface area contributed by atoms with Gasteiger partial charge in [0.25, 0.3) is 5.91 Å². The van der Waals surface area contributed by atoms with Gasteiger partial charge in [0.15, 0.2) is 0 Å². The number of carbonyl (C=O) groups excluding carboxylic acids is 1. The highest BCUT2D eigenvalue weighted by atomic mass is 16.3. The molecule has 2 heterocycles. The van der Waals surface area contributed by atoms with E-state index in [1.165, 1.54) is 0 Å². The Morgan fingerprint density at radius 2 is 1.83 bits per heavy atom. The van der Waals surface area contributed by atoms with Crippen LogP contribution in [0, 0.1) is 0 Å². The van der Waals surface area contributed by atoms with Gasteiger partial charge in [-0.05, 0) is 31.5 Å². The van der Waals surface area contributed by atoms with Crippen molar-refractivity contribution in [3.8, 4) is 17.1 Å². The Kier molecular flexibility index (Phi) is 5.76. The summed E-state index contributed by atoms with van der Waals surface area (Å²) in [7, 11) is 1.57. The van der Waals surface area contributed by atoms with Gasteiger partial charge in [-0.2, -0.15) is 0 Å². The molecule has 1 aliphatic rings. The van der Waals surface area contributed by atoms with E-state index in [0.717, 1.165) is 5.56 Å². The first kappa shape index (κ1) is 20.4. The van der Waals surface area contributed by atoms with Crippen LogP contribution in [0.15, 0.2) is 46.9 Å². The maximum Gasteiger partial charge on any atom is 0.255 e. The molecule has 1 amide bonds. The number of hydrogen-bond acceptors (Lipinski definition) is 6. The van der Waals surface area contributed by atoms with E-state index in [1.807, 2.05) is 35.2 Å². The molecule has 2 aromatic carbocycles. The number of fused-ring (bicyclic) bond motifs is 1. The second kappa shape index (κ2) is 8.47. The molecule has 4 N–H and O–H groups in total. The molecule has 0 spiro atoms. The number of phenolic OH excluding ortho intramolecular Hbond substituents is 1. The van der Waals surface area contributed by atoms with E-state index in [-0.39, 0.29) is 11.7 Å². The first-order valence-electron chi connectivity index (χ1n) is 10.1. The fourth-order valence-corrected chi connectivity index (χ4v) is 4.15. The predicted octanol–water partition coefficient (Wildman–Crippen LogP) is 2.13. The standard InChI is InChI=1S/C23H26N2O5/c1-24-23(29)21-20-15(8-5-11-25-12-17(27)18(28)13-25)16(26)9-10-19(20)30-22(21)14-6-3-2-4-7-14/h2-4,6-7,9-10,17-18,26-28H,5,8,11-13H2,1H3,(H,24,29). The summed E-state index contributed by atoms with van der Waals surface area (Å²) in [5.41, 5.74) is 2.42. The van der Waals surface area contributed by atoms with Crippen molar-refractivity contribution in [2.45, 2.75) is 25.0 Å². The summed E-state index contributed by atoms with van der Waals surface area (Å²) in [6.45, 7) is 1.54. The van der Waals surface area contributed by atoms with Crippen molar-refractivity contribution < 1.29 is 24.5 Å². The van der Waals surface area contributed by atoms with Crippen LogP contribution in [0.5, 0.6) is 5.75 Å².